The first-order chi connectivity index (χ1) is 43.0. The molecule has 0 spiro atoms. The third-order valence-electron chi connectivity index (χ3n) is 15.5. The van der Waals surface area contributed by atoms with Crippen molar-refractivity contribution in [1.82, 2.24) is 41.8 Å². The van der Waals surface area contributed by atoms with Crippen molar-refractivity contribution in [3.8, 4) is 0 Å². The predicted octanol–water partition coefficient (Wildman–Crippen LogP) is 8.84. The molecule has 1 aliphatic rings. The molecule has 1 aromatic heterocycles. The van der Waals surface area contributed by atoms with Gasteiger partial charge in [0.1, 0.15) is 54.6 Å². The van der Waals surface area contributed by atoms with Crippen LogP contribution < -0.4 is 31.9 Å². The summed E-state index contributed by atoms with van der Waals surface area (Å²) in [6, 6.07) is 37.4. The van der Waals surface area contributed by atoms with E-state index in [1.165, 1.54) is 11.9 Å². The number of aromatic nitrogens is 1. The van der Waals surface area contributed by atoms with Gasteiger partial charge in [-0.25, -0.2) is 14.4 Å². The number of alkyl carbamates (subject to hydrolysis) is 2. The maximum absolute atomic E-state index is 15.4. The molecule has 6 atom stereocenters. The number of esters is 1. The van der Waals surface area contributed by atoms with Gasteiger partial charge in [-0.2, -0.15) is 0 Å². The Morgan fingerprint density at radius 1 is 0.544 bits per heavy atom. The van der Waals surface area contributed by atoms with Crippen molar-refractivity contribution < 1.29 is 57.3 Å². The van der Waals surface area contributed by atoms with Gasteiger partial charge < -0.3 is 60.7 Å². The number of unbranched alkanes of at least 4 members (excludes halogenated alkanes) is 1. The van der Waals surface area contributed by atoms with Crippen LogP contribution in [-0.4, -0.2) is 124 Å². The van der Waals surface area contributed by atoms with Crippen molar-refractivity contribution in [3.63, 3.8) is 0 Å². The molecule has 20 heteroatoms. The van der Waals surface area contributed by atoms with Gasteiger partial charge in [0.2, 0.25) is 29.5 Å². The summed E-state index contributed by atoms with van der Waals surface area (Å²) >= 11 is 0. The number of fused-ring (bicyclic) bond motifs is 1. The molecule has 480 valence electrons. The van der Waals surface area contributed by atoms with Gasteiger partial charge in [-0.3, -0.25) is 24.0 Å². The largest absolute Gasteiger partial charge is 0.459 e. The molecular weight excluding hydrogens is 1140 g/mol. The van der Waals surface area contributed by atoms with Crippen LogP contribution in [0, 0.1) is 0 Å². The van der Waals surface area contributed by atoms with E-state index in [2.05, 4.69) is 36.9 Å². The molecule has 7 amide bonds. The molecule has 0 saturated heterocycles. The number of likely N-dealkylation sites (N-methyl/N-ethyl adjacent to an activating group) is 1. The van der Waals surface area contributed by atoms with Crippen LogP contribution in [0.5, 0.6) is 0 Å². The Kier molecular flexibility index (Phi) is 24.7. The van der Waals surface area contributed by atoms with E-state index in [1.54, 1.807) is 78.9 Å². The zero-order valence-electron chi connectivity index (χ0n) is 52.9. The molecule has 0 bridgehead atoms. The minimum atomic E-state index is -1.50. The monoisotopic (exact) mass is 1230 g/mol. The van der Waals surface area contributed by atoms with Gasteiger partial charge in [0.05, 0.1) is 11.7 Å². The highest BCUT2D eigenvalue weighted by Crippen LogP contribution is 2.36. The lowest BCUT2D eigenvalue weighted by Gasteiger charge is -2.40. The predicted molar refractivity (Wildman–Crippen MR) is 342 cm³/mol. The number of carbonyl (C=O) groups is 8. The number of aromatic amines is 1. The molecule has 1 fully saturated rings. The van der Waals surface area contributed by atoms with E-state index in [9.17, 15) is 19.2 Å². The van der Waals surface area contributed by atoms with Crippen LogP contribution in [0.25, 0.3) is 10.9 Å². The number of hydrogen-bond acceptors (Lipinski definition) is 12. The molecule has 1 aliphatic carbocycles. The Morgan fingerprint density at radius 3 is 1.64 bits per heavy atom. The number of rotatable bonds is 29. The van der Waals surface area contributed by atoms with E-state index >= 15 is 19.2 Å². The van der Waals surface area contributed by atoms with Crippen molar-refractivity contribution in [2.24, 2.45) is 0 Å². The zero-order chi connectivity index (χ0) is 64.8. The number of nitrogens with one attached hydrogen (secondary N) is 7. The molecule has 0 radical (unpaired) electrons. The molecule has 7 N–H and O–H groups in total. The van der Waals surface area contributed by atoms with Gasteiger partial charge in [0, 0.05) is 50.0 Å². The fourth-order valence-electron chi connectivity index (χ4n) is 11.0. The lowest BCUT2D eigenvalue weighted by molar-refractivity contribution is -0.153. The van der Waals surface area contributed by atoms with Gasteiger partial charge >= 0.3 is 18.2 Å². The van der Waals surface area contributed by atoms with Crippen LogP contribution in [0.1, 0.15) is 121 Å². The van der Waals surface area contributed by atoms with Crippen molar-refractivity contribution in [1.29, 1.82) is 0 Å². The van der Waals surface area contributed by atoms with Crippen LogP contribution in [0.2, 0.25) is 0 Å². The first-order valence-electron chi connectivity index (χ1n) is 30.9. The number of benzene rings is 5. The molecule has 6 aromatic rings. The van der Waals surface area contributed by atoms with Crippen molar-refractivity contribution in [2.75, 3.05) is 13.6 Å². The molecule has 5 aromatic carbocycles. The van der Waals surface area contributed by atoms with Crippen LogP contribution in [0.4, 0.5) is 9.59 Å². The highest BCUT2D eigenvalue weighted by Gasteiger charge is 2.49. The lowest BCUT2D eigenvalue weighted by Crippen LogP contribution is -2.65. The molecule has 0 unspecified atom stereocenters. The molecular formula is C70H88N8O12. The number of hydrogen-bond donors (Lipinski definition) is 7. The Bertz CT molecular complexity index is 3330. The van der Waals surface area contributed by atoms with Gasteiger partial charge in [0.15, 0.2) is 0 Å². The average molecular weight is 1230 g/mol. The highest BCUT2D eigenvalue weighted by molar-refractivity contribution is 5.98. The van der Waals surface area contributed by atoms with Gasteiger partial charge in [-0.1, -0.05) is 152 Å². The SMILES string of the molecule is C[C@@H](OC(C)(C)C)[C@H](NC(=O)[C@H](CCCCNC(=O)OC(C)(C)C)NC(=O)[C@@H](Cc1c[nH]c2ccccc12)NC(=O)OCc1ccccc1)C(=O)N[C@@H](Cc1ccccc1)C(=O)N(C)C1(C(=O)N[C@@H](Cc2ccccc2)C(=O)OCc2ccccc2)CCCC1. The van der Waals surface area contributed by atoms with Crippen LogP contribution in [-0.2, 0) is 80.2 Å². The number of nitrogens with zero attached hydrogens (tertiary/aromatic N) is 1. The van der Waals surface area contributed by atoms with Gasteiger partial charge in [0.25, 0.3) is 0 Å². The summed E-state index contributed by atoms with van der Waals surface area (Å²) in [6.45, 7) is 12.3. The van der Waals surface area contributed by atoms with Crippen molar-refractivity contribution >= 4 is 58.6 Å². The summed E-state index contributed by atoms with van der Waals surface area (Å²) in [5, 5.41) is 18.0. The number of ether oxygens (including phenoxy) is 4. The fraction of sp³-hybridized carbons (Fsp3) is 0.429. The minimum Gasteiger partial charge on any atom is -0.459 e. The zero-order valence-corrected chi connectivity index (χ0v) is 52.9. The standard InChI is InChI=1S/C70H88N8O12/c1-47(89-68(2,3)4)59(77-60(79)55(37-23-26-40-71-66(85)90-69(5,6)7)73-61(80)56(43-52-44-72-54-36-22-21-35-53(52)54)76-67(86)88-46-51-33-19-12-20-34-51)62(81)74-57(41-48-27-13-9-14-28-48)63(82)78(8)70(38-24-25-39-70)65(84)75-58(42-49-29-15-10-16-30-49)64(83)87-45-50-31-17-11-18-32-50/h9-22,27-36,44,47,55-59,72H,23-26,37-43,45-46H2,1-8H3,(H,71,85)(H,73,80)(H,74,81)(H,75,84)(H,76,86)(H,77,79)/t47-,55+,56-,57+,58+,59+/m1/s1. The van der Waals surface area contributed by atoms with Crippen LogP contribution in [0.3, 0.4) is 0 Å². The lowest BCUT2D eigenvalue weighted by atomic mass is 9.91. The maximum Gasteiger partial charge on any atom is 0.408 e. The average Bonchev–Trinajstić information content (AvgIpc) is 1.68. The molecule has 1 saturated carbocycles. The minimum absolute atomic E-state index is 0.00427. The third kappa shape index (κ3) is 20.8. The summed E-state index contributed by atoms with van der Waals surface area (Å²) < 4.78 is 23.2. The highest BCUT2D eigenvalue weighted by atomic mass is 16.6. The first kappa shape index (κ1) is 68.5. The second-order valence-electron chi connectivity index (χ2n) is 24.9. The van der Waals surface area contributed by atoms with Crippen LogP contribution >= 0.6 is 0 Å². The molecule has 7 rings (SSSR count). The summed E-state index contributed by atoms with van der Waals surface area (Å²) in [6.07, 6.45) is 1.57. The summed E-state index contributed by atoms with van der Waals surface area (Å²) in [7, 11) is 1.53. The fourth-order valence-corrected chi connectivity index (χ4v) is 11.0. The number of H-pyrrole nitrogens is 1. The second-order valence-corrected chi connectivity index (χ2v) is 24.9. The van der Waals surface area contributed by atoms with Gasteiger partial charge in [-0.05, 0) is 114 Å². The van der Waals surface area contributed by atoms with Crippen LogP contribution in [0.15, 0.2) is 152 Å². The molecule has 90 heavy (non-hydrogen) atoms. The van der Waals surface area contributed by atoms with E-state index in [-0.39, 0.29) is 64.7 Å². The van der Waals surface area contributed by atoms with E-state index in [0.717, 1.165) is 27.6 Å². The van der Waals surface area contributed by atoms with E-state index in [1.807, 2.05) is 121 Å². The topological polar surface area (TPSA) is 265 Å². The molecule has 1 heterocycles. The summed E-state index contributed by atoms with van der Waals surface area (Å²) in [5.74, 6) is -4.13. The van der Waals surface area contributed by atoms with Crippen molar-refractivity contribution in [3.05, 3.63) is 180 Å². The van der Waals surface area contributed by atoms with E-state index < -0.39 is 101 Å². The second kappa shape index (κ2) is 32.4. The summed E-state index contributed by atoms with van der Waals surface area (Å²) in [5.41, 5.74) is 1.40. The maximum atomic E-state index is 15.4. The van der Waals surface area contributed by atoms with Gasteiger partial charge in [-0.15, -0.1) is 0 Å². The molecule has 20 nitrogen and oxygen atoms in total. The first-order valence-corrected chi connectivity index (χ1v) is 30.9. The van der Waals surface area contributed by atoms with E-state index in [4.69, 9.17) is 18.9 Å². The Morgan fingerprint density at radius 2 is 1.07 bits per heavy atom. The Balaban J connectivity index is 1.16. The Labute approximate surface area is 527 Å². The quantitative estimate of drug-likeness (QED) is 0.0132. The van der Waals surface area contributed by atoms with Crippen molar-refractivity contribution in [2.45, 2.75) is 179 Å². The molecule has 0 aliphatic heterocycles. The third-order valence-corrected chi connectivity index (χ3v) is 15.5. The normalized spacial score (nSPS) is 14.9. The number of amides is 7. The number of carbonyl (C=O) groups excluding carboxylic acids is 8. The summed E-state index contributed by atoms with van der Waals surface area (Å²) in [4.78, 5) is 121. The Hall–Kier alpha value is -9.04. The number of para-hydroxylation sites is 1. The van der Waals surface area contributed by atoms with E-state index in [0.29, 0.717) is 30.4 Å². The smallest absolute Gasteiger partial charge is 0.408 e.